The van der Waals surface area contributed by atoms with Gasteiger partial charge in [0.15, 0.2) is 0 Å². The third-order valence-electron chi connectivity index (χ3n) is 6.38. The molecule has 1 fully saturated rings. The molecule has 0 aliphatic carbocycles. The number of halogens is 1. The van der Waals surface area contributed by atoms with Crippen LogP contribution in [0.15, 0.2) is 48.5 Å². The molecule has 0 unspecified atom stereocenters. The highest BCUT2D eigenvalue weighted by molar-refractivity contribution is 6.30. The van der Waals surface area contributed by atoms with E-state index in [9.17, 15) is 4.79 Å². The van der Waals surface area contributed by atoms with Gasteiger partial charge in [0, 0.05) is 49.7 Å². The molecule has 0 radical (unpaired) electrons. The second-order valence-electron chi connectivity index (χ2n) is 8.95. The molecular formula is C26H28ClN5O2. The van der Waals surface area contributed by atoms with Gasteiger partial charge in [-0.15, -0.1) is 0 Å². The highest BCUT2D eigenvalue weighted by atomic mass is 35.5. The fourth-order valence-corrected chi connectivity index (χ4v) is 4.47. The van der Waals surface area contributed by atoms with E-state index in [-0.39, 0.29) is 5.91 Å². The van der Waals surface area contributed by atoms with Gasteiger partial charge in [0.1, 0.15) is 5.75 Å². The van der Waals surface area contributed by atoms with E-state index in [0.717, 1.165) is 48.7 Å². The van der Waals surface area contributed by atoms with Crippen LogP contribution in [0, 0.1) is 6.92 Å². The van der Waals surface area contributed by atoms with E-state index in [1.165, 1.54) is 0 Å². The number of piperazine rings is 1. The summed E-state index contributed by atoms with van der Waals surface area (Å²) in [6.45, 7) is 6.72. The quantitative estimate of drug-likeness (QED) is 0.561. The fourth-order valence-electron chi connectivity index (χ4n) is 4.34. The molecule has 0 N–H and O–H groups in total. The Hall–Kier alpha value is -3.16. The lowest BCUT2D eigenvalue weighted by atomic mass is 10.1. The summed E-state index contributed by atoms with van der Waals surface area (Å²) in [5, 5.41) is 0.610. The zero-order valence-corrected chi connectivity index (χ0v) is 20.3. The Kier molecular flexibility index (Phi) is 6.39. The van der Waals surface area contributed by atoms with Crippen LogP contribution in [0.5, 0.6) is 11.6 Å². The van der Waals surface area contributed by atoms with Crippen molar-refractivity contribution in [1.29, 1.82) is 0 Å². The first-order valence-electron chi connectivity index (χ1n) is 11.6. The van der Waals surface area contributed by atoms with Crippen molar-refractivity contribution in [2.75, 3.05) is 44.7 Å². The number of likely N-dealkylation sites (N-methyl/N-ethyl adjacent to an activating group) is 1. The number of nitrogens with zero attached hydrogens (tertiary/aromatic N) is 5. The number of hydrogen-bond acceptors (Lipinski definition) is 6. The van der Waals surface area contributed by atoms with Crippen LogP contribution in [-0.2, 0) is 13.0 Å². The molecule has 176 valence electrons. The van der Waals surface area contributed by atoms with Gasteiger partial charge in [-0.25, -0.2) is 4.98 Å². The number of amides is 1. The highest BCUT2D eigenvalue weighted by Gasteiger charge is 2.29. The van der Waals surface area contributed by atoms with Gasteiger partial charge in [-0.05, 0) is 55.9 Å². The Morgan fingerprint density at radius 3 is 2.50 bits per heavy atom. The number of hydrogen-bond donors (Lipinski definition) is 0. The van der Waals surface area contributed by atoms with Gasteiger partial charge >= 0.3 is 0 Å². The standard InChI is InChI=1S/C26H28ClN5O2/c1-18-4-3-5-21(16-18)34-24-22-17-32(25(33)19-6-8-20(27)9-7-19)11-10-23(22)28-26(29-24)31-14-12-30(2)13-15-31/h3-9,16H,10-15,17H2,1-2H3. The summed E-state index contributed by atoms with van der Waals surface area (Å²) in [5.41, 5.74) is 3.54. The monoisotopic (exact) mass is 477 g/mol. The largest absolute Gasteiger partial charge is 0.438 e. The van der Waals surface area contributed by atoms with E-state index < -0.39 is 0 Å². The Balaban J connectivity index is 1.47. The fraction of sp³-hybridized carbons (Fsp3) is 0.346. The van der Waals surface area contributed by atoms with Crippen molar-refractivity contribution >= 4 is 23.5 Å². The van der Waals surface area contributed by atoms with Crippen LogP contribution in [0.2, 0.25) is 5.02 Å². The van der Waals surface area contributed by atoms with Gasteiger partial charge in [-0.2, -0.15) is 4.98 Å². The van der Waals surface area contributed by atoms with Crippen LogP contribution in [-0.4, -0.2) is 65.4 Å². The first-order valence-corrected chi connectivity index (χ1v) is 12.0. The molecule has 1 aromatic heterocycles. The molecule has 3 heterocycles. The van der Waals surface area contributed by atoms with Crippen LogP contribution in [0.1, 0.15) is 27.2 Å². The number of benzene rings is 2. The van der Waals surface area contributed by atoms with Crippen LogP contribution < -0.4 is 9.64 Å². The van der Waals surface area contributed by atoms with E-state index in [1.54, 1.807) is 24.3 Å². The number of rotatable bonds is 4. The topological polar surface area (TPSA) is 61.8 Å². The molecule has 5 rings (SSSR count). The zero-order valence-electron chi connectivity index (χ0n) is 19.5. The molecule has 8 heteroatoms. The maximum Gasteiger partial charge on any atom is 0.254 e. The average Bonchev–Trinajstić information content (AvgIpc) is 2.84. The average molecular weight is 478 g/mol. The van der Waals surface area contributed by atoms with Crippen molar-refractivity contribution < 1.29 is 9.53 Å². The Labute approximate surface area is 204 Å². The first-order chi connectivity index (χ1) is 16.5. The molecule has 2 aromatic carbocycles. The van der Waals surface area contributed by atoms with Gasteiger partial charge in [0.25, 0.3) is 5.91 Å². The second kappa shape index (κ2) is 9.60. The van der Waals surface area contributed by atoms with E-state index >= 15 is 0 Å². The summed E-state index contributed by atoms with van der Waals surface area (Å²) in [5.74, 6) is 1.92. The van der Waals surface area contributed by atoms with Gasteiger partial charge in [-0.3, -0.25) is 4.79 Å². The molecular weight excluding hydrogens is 450 g/mol. The molecule has 1 amide bonds. The lowest BCUT2D eigenvalue weighted by molar-refractivity contribution is 0.0732. The number of aryl methyl sites for hydroxylation is 1. The van der Waals surface area contributed by atoms with Gasteiger partial charge in [0.05, 0.1) is 17.8 Å². The summed E-state index contributed by atoms with van der Waals surface area (Å²) in [4.78, 5) is 29.3. The third kappa shape index (κ3) is 4.86. The number of carbonyl (C=O) groups excluding carboxylic acids is 1. The van der Waals surface area contributed by atoms with Crippen molar-refractivity contribution in [2.24, 2.45) is 0 Å². The van der Waals surface area contributed by atoms with Crippen LogP contribution in [0.4, 0.5) is 5.95 Å². The first kappa shape index (κ1) is 22.6. The van der Waals surface area contributed by atoms with E-state index in [0.29, 0.717) is 41.9 Å². The maximum atomic E-state index is 13.2. The summed E-state index contributed by atoms with van der Waals surface area (Å²) in [6.07, 6.45) is 0.655. The number of ether oxygens (including phenoxy) is 1. The molecule has 7 nitrogen and oxygen atoms in total. The normalized spacial score (nSPS) is 16.3. The summed E-state index contributed by atoms with van der Waals surface area (Å²) in [7, 11) is 2.13. The van der Waals surface area contributed by atoms with Gasteiger partial charge in [-0.1, -0.05) is 23.7 Å². The Bertz CT molecular complexity index is 1190. The molecule has 1 saturated heterocycles. The minimum absolute atomic E-state index is 0.0352. The zero-order chi connectivity index (χ0) is 23.7. The molecule has 0 saturated carbocycles. The molecule has 34 heavy (non-hydrogen) atoms. The van der Waals surface area contributed by atoms with Crippen LogP contribution in [0.3, 0.4) is 0 Å². The molecule has 2 aliphatic rings. The minimum atomic E-state index is -0.0352. The smallest absolute Gasteiger partial charge is 0.254 e. The van der Waals surface area contributed by atoms with E-state index in [1.807, 2.05) is 36.1 Å². The third-order valence-corrected chi connectivity index (χ3v) is 6.63. The summed E-state index contributed by atoms with van der Waals surface area (Å²) in [6, 6.07) is 14.9. The summed E-state index contributed by atoms with van der Waals surface area (Å²) >= 11 is 6.00. The maximum absolute atomic E-state index is 13.2. The molecule has 3 aromatic rings. The Morgan fingerprint density at radius 1 is 1.00 bits per heavy atom. The highest BCUT2D eigenvalue weighted by Crippen LogP contribution is 2.32. The SMILES string of the molecule is Cc1cccc(Oc2nc(N3CCN(C)CC3)nc3c2CN(C(=O)c2ccc(Cl)cc2)CC3)c1. The molecule has 0 spiro atoms. The van der Waals surface area contributed by atoms with Crippen molar-refractivity contribution in [2.45, 2.75) is 19.9 Å². The van der Waals surface area contributed by atoms with E-state index in [2.05, 4.69) is 16.8 Å². The van der Waals surface area contributed by atoms with Crippen molar-refractivity contribution in [3.05, 3.63) is 75.9 Å². The summed E-state index contributed by atoms with van der Waals surface area (Å²) < 4.78 is 6.32. The number of carbonyl (C=O) groups is 1. The lowest BCUT2D eigenvalue weighted by Crippen LogP contribution is -2.45. The van der Waals surface area contributed by atoms with E-state index in [4.69, 9.17) is 26.3 Å². The minimum Gasteiger partial charge on any atom is -0.438 e. The predicted octanol–water partition coefficient (Wildman–Crippen LogP) is 4.18. The molecule has 2 aliphatic heterocycles. The Morgan fingerprint density at radius 2 is 1.76 bits per heavy atom. The lowest BCUT2D eigenvalue weighted by Gasteiger charge is -2.34. The van der Waals surface area contributed by atoms with Gasteiger partial charge in [0.2, 0.25) is 11.8 Å². The second-order valence-corrected chi connectivity index (χ2v) is 9.38. The number of aromatic nitrogens is 2. The van der Waals surface area contributed by atoms with Gasteiger partial charge < -0.3 is 19.4 Å². The van der Waals surface area contributed by atoms with Crippen molar-refractivity contribution in [3.63, 3.8) is 0 Å². The van der Waals surface area contributed by atoms with Crippen molar-refractivity contribution in [1.82, 2.24) is 19.8 Å². The van der Waals surface area contributed by atoms with Crippen LogP contribution >= 0.6 is 11.6 Å². The van der Waals surface area contributed by atoms with Crippen LogP contribution in [0.25, 0.3) is 0 Å². The number of anilines is 1. The van der Waals surface area contributed by atoms with Crippen molar-refractivity contribution in [3.8, 4) is 11.6 Å². The number of fused-ring (bicyclic) bond motifs is 1. The predicted molar refractivity (Wildman–Crippen MR) is 133 cm³/mol. The molecule has 0 bridgehead atoms. The molecule has 0 atom stereocenters.